The molecule has 2 aromatic heterocycles. The number of benzene rings is 2. The highest BCUT2D eigenvalue weighted by molar-refractivity contribution is 9.10. The lowest BCUT2D eigenvalue weighted by Gasteiger charge is -2.32. The number of piperidine rings is 2. The Balaban J connectivity index is 0.000000278. The summed E-state index contributed by atoms with van der Waals surface area (Å²) < 4.78 is 24.6. The van der Waals surface area contributed by atoms with E-state index in [1.54, 1.807) is 17.0 Å². The van der Waals surface area contributed by atoms with Gasteiger partial charge in [0.1, 0.15) is 11.9 Å². The molecule has 17 nitrogen and oxygen atoms in total. The van der Waals surface area contributed by atoms with E-state index >= 15 is 0 Å². The van der Waals surface area contributed by atoms with Crippen molar-refractivity contribution in [3.8, 4) is 0 Å². The summed E-state index contributed by atoms with van der Waals surface area (Å²) >= 11 is 7.43. The highest BCUT2D eigenvalue weighted by Gasteiger charge is 2.28. The maximum absolute atomic E-state index is 13.0. The largest absolute Gasteiger partial charge is 0.444 e. The summed E-state index contributed by atoms with van der Waals surface area (Å²) in [6.07, 6.45) is 7.90. The Morgan fingerprint density at radius 3 is 2.45 bits per heavy atom. The summed E-state index contributed by atoms with van der Waals surface area (Å²) in [6, 6.07) is 10.9. The van der Waals surface area contributed by atoms with Gasteiger partial charge in [-0.05, 0) is 97.1 Å². The van der Waals surface area contributed by atoms with Crippen molar-refractivity contribution < 1.29 is 28.1 Å². The topological polar surface area (TPSA) is 219 Å². The Morgan fingerprint density at radius 2 is 1.76 bits per heavy atom. The zero-order valence-corrected chi connectivity index (χ0v) is 34.8. The molecule has 1 aliphatic carbocycles. The average molecular weight is 900 g/mol. The van der Waals surface area contributed by atoms with Crippen LogP contribution in [0, 0.1) is 5.92 Å². The summed E-state index contributed by atoms with van der Waals surface area (Å²) in [6.45, 7) is 4.34. The first-order valence-corrected chi connectivity index (χ1v) is 21.2. The van der Waals surface area contributed by atoms with Gasteiger partial charge in [0.2, 0.25) is 0 Å². The van der Waals surface area contributed by atoms with Crippen LogP contribution in [0.4, 0.5) is 15.4 Å². The summed E-state index contributed by atoms with van der Waals surface area (Å²) in [5.74, 6) is -0.184. The molecule has 7 rings (SSSR count). The van der Waals surface area contributed by atoms with Crippen molar-refractivity contribution in [1.29, 1.82) is 0 Å². The number of rotatable bonds is 10. The number of amides is 4. The Kier molecular flexibility index (Phi) is 14.9. The van der Waals surface area contributed by atoms with Crippen molar-refractivity contribution in [2.75, 3.05) is 38.0 Å². The van der Waals surface area contributed by atoms with Crippen LogP contribution in [-0.4, -0.2) is 97.3 Å². The third-order valence-electron chi connectivity index (χ3n) is 9.89. The predicted molar refractivity (Wildman–Crippen MR) is 221 cm³/mol. The molecule has 4 heterocycles. The molecule has 0 spiro atoms. The summed E-state index contributed by atoms with van der Waals surface area (Å²) in [5, 5.41) is 9.77. The fourth-order valence-electron chi connectivity index (χ4n) is 6.94. The van der Waals surface area contributed by atoms with E-state index in [2.05, 4.69) is 68.4 Å². The number of aromatic nitrogens is 4. The number of hydrogen-bond donors (Lipinski definition) is 5. The first-order valence-electron chi connectivity index (χ1n) is 18.8. The Bertz CT molecular complexity index is 2210. The summed E-state index contributed by atoms with van der Waals surface area (Å²) in [7, 11) is 0. The molecular formula is C38H44BrClN10O7S. The number of halogens is 2. The van der Waals surface area contributed by atoms with Gasteiger partial charge in [-0.2, -0.15) is 0 Å². The maximum atomic E-state index is 13.0. The van der Waals surface area contributed by atoms with E-state index in [4.69, 9.17) is 16.3 Å². The molecule has 2 fully saturated rings. The summed E-state index contributed by atoms with van der Waals surface area (Å²) in [4.78, 5) is 75.1. The number of Topliss-reactive ketones (excluding diaryl/α,β-unsaturated/α-hetero) is 1. The minimum atomic E-state index is -1.76. The molecule has 4 aromatic rings. The van der Waals surface area contributed by atoms with Gasteiger partial charge in [0.15, 0.2) is 22.7 Å². The number of nitrogens with one attached hydrogen (secondary N) is 5. The number of hydrogen-bond acceptors (Lipinski definition) is 11. The van der Waals surface area contributed by atoms with Gasteiger partial charge in [-0.3, -0.25) is 24.3 Å². The normalized spacial score (nSPS) is 17.4. The summed E-state index contributed by atoms with van der Waals surface area (Å²) in [5.41, 5.74) is 2.80. The van der Waals surface area contributed by atoms with Gasteiger partial charge in [0.25, 0.3) is 11.5 Å². The van der Waals surface area contributed by atoms with E-state index in [-0.39, 0.29) is 59.4 Å². The Morgan fingerprint density at radius 1 is 1.03 bits per heavy atom. The SMILES string of the molecule is CC(=O)Cn1cnc2cc(Br)c(Cl)cc2c1=O.O=C(NS(=O)NCC1CCN(C(=O)Nc2nccnc2C(=O)NC2Cc3ccccc3C2)CC1)OC1CCCNC1. The molecule has 2 aromatic carbocycles. The first kappa shape index (κ1) is 42.8. The van der Waals surface area contributed by atoms with E-state index in [1.807, 2.05) is 12.1 Å². The molecule has 2 saturated heterocycles. The molecule has 3 aliphatic rings. The van der Waals surface area contributed by atoms with Crippen molar-refractivity contribution in [3.63, 3.8) is 0 Å². The second-order valence-corrected chi connectivity index (χ2v) is 16.5. The van der Waals surface area contributed by atoms with Gasteiger partial charge < -0.3 is 20.3 Å². The average Bonchev–Trinajstić information content (AvgIpc) is 3.62. The molecule has 20 heteroatoms. The minimum absolute atomic E-state index is 0.0233. The van der Waals surface area contributed by atoms with E-state index in [1.165, 1.54) is 41.3 Å². The zero-order valence-electron chi connectivity index (χ0n) is 31.7. The van der Waals surface area contributed by atoms with Gasteiger partial charge in [0.05, 0.1) is 28.8 Å². The number of fused-ring (bicyclic) bond motifs is 2. The smallest absolute Gasteiger partial charge is 0.420 e. The second kappa shape index (κ2) is 20.2. The number of urea groups is 1. The molecule has 0 bridgehead atoms. The van der Waals surface area contributed by atoms with Crippen LogP contribution < -0.4 is 31.0 Å². The quantitative estimate of drug-likeness (QED) is 0.155. The number of ether oxygens (including phenoxy) is 1. The lowest BCUT2D eigenvalue weighted by molar-refractivity contribution is -0.117. The lowest BCUT2D eigenvalue weighted by atomic mass is 9.97. The number of anilines is 1. The highest BCUT2D eigenvalue weighted by atomic mass is 79.9. The molecule has 2 unspecified atom stereocenters. The minimum Gasteiger partial charge on any atom is -0.444 e. The Hall–Kier alpha value is -4.82. The molecule has 0 radical (unpaired) electrons. The third-order valence-corrected chi connectivity index (χ3v) is 11.9. The lowest BCUT2D eigenvalue weighted by Crippen LogP contribution is -2.45. The van der Waals surface area contributed by atoms with E-state index in [0.29, 0.717) is 59.4 Å². The number of likely N-dealkylation sites (tertiary alicyclic amines) is 1. The molecule has 2 aliphatic heterocycles. The number of ketones is 1. The van der Waals surface area contributed by atoms with Crippen molar-refractivity contribution in [2.45, 2.75) is 64.1 Å². The Labute approximate surface area is 350 Å². The third kappa shape index (κ3) is 11.6. The van der Waals surface area contributed by atoms with E-state index in [0.717, 1.165) is 32.2 Å². The monoisotopic (exact) mass is 898 g/mol. The molecule has 308 valence electrons. The van der Waals surface area contributed by atoms with Crippen LogP contribution in [0.1, 0.15) is 54.2 Å². The molecule has 4 amide bonds. The molecular weight excluding hydrogens is 856 g/mol. The standard InChI is InChI=1S/C27H36N8O5S.C11H8BrClN2O2/c36-25(32-21-14-19-4-1-2-5-20(19)15-21)23-24(30-11-10-29-23)33-26(37)35-12-7-18(8-13-35)16-31-41(39)34-27(38)40-22-6-3-9-28-17-22;1-6(16)4-15-5-14-10-3-8(12)9(13)2-7(10)11(15)17/h1-2,4-5,10-11,18,21-22,28,31H,3,6-9,12-17H2,(H,32,36)(H,34,38)(H,30,33,37);2-3,5H,4H2,1H3. The van der Waals surface area contributed by atoms with Crippen LogP contribution >= 0.6 is 27.5 Å². The van der Waals surface area contributed by atoms with E-state index < -0.39 is 17.3 Å². The fraction of sp³-hybridized carbons (Fsp3) is 0.421. The fourth-order valence-corrected chi connectivity index (χ4v) is 8.09. The molecule has 5 N–H and O–H groups in total. The van der Waals surface area contributed by atoms with Crippen LogP contribution in [0.15, 0.2) is 64.4 Å². The van der Waals surface area contributed by atoms with Crippen LogP contribution in [0.5, 0.6) is 0 Å². The molecule has 2 atom stereocenters. The molecule has 58 heavy (non-hydrogen) atoms. The van der Waals surface area contributed by atoms with Crippen LogP contribution in [-0.2, 0) is 40.1 Å². The van der Waals surface area contributed by atoms with Gasteiger partial charge in [-0.15, -0.1) is 0 Å². The zero-order chi connectivity index (χ0) is 41.2. The number of carbonyl (C=O) groups is 4. The van der Waals surface area contributed by atoms with E-state index in [9.17, 15) is 28.2 Å². The van der Waals surface area contributed by atoms with Crippen molar-refractivity contribution in [2.24, 2.45) is 5.92 Å². The van der Waals surface area contributed by atoms with Crippen LogP contribution in [0.2, 0.25) is 5.02 Å². The van der Waals surface area contributed by atoms with Gasteiger partial charge >= 0.3 is 12.1 Å². The van der Waals surface area contributed by atoms with Gasteiger partial charge in [-0.1, -0.05) is 35.9 Å². The van der Waals surface area contributed by atoms with Crippen LogP contribution in [0.3, 0.4) is 0 Å². The number of carbonyl (C=O) groups excluding carboxylic acids is 4. The van der Waals surface area contributed by atoms with Crippen molar-refractivity contribution >= 4 is 79.2 Å². The first-order chi connectivity index (χ1) is 27.9. The van der Waals surface area contributed by atoms with Gasteiger partial charge in [-0.25, -0.2) is 38.2 Å². The van der Waals surface area contributed by atoms with Crippen LogP contribution in [0.25, 0.3) is 10.9 Å². The predicted octanol–water partition coefficient (Wildman–Crippen LogP) is 3.67. The van der Waals surface area contributed by atoms with Gasteiger partial charge in [0, 0.05) is 49.1 Å². The second-order valence-electron chi connectivity index (χ2n) is 14.2. The number of nitrogens with zero attached hydrogens (tertiary/aromatic N) is 5. The van der Waals surface area contributed by atoms with Crippen molar-refractivity contribution in [3.05, 3.63) is 91.8 Å². The maximum Gasteiger partial charge on any atom is 0.420 e. The molecule has 0 saturated carbocycles. The van der Waals surface area contributed by atoms with Crippen molar-refractivity contribution in [1.82, 2.24) is 44.5 Å². The highest BCUT2D eigenvalue weighted by Crippen LogP contribution is 2.26.